The minimum absolute atomic E-state index is 0.239. The molecule has 1 aromatic rings. The van der Waals surface area contributed by atoms with Crippen LogP contribution < -0.4 is 5.32 Å². The molecular formula is C17H26N2O3S. The molecule has 0 saturated carbocycles. The molecular weight excluding hydrogens is 312 g/mol. The number of hydrogen-bond donors (Lipinski definition) is 1. The van der Waals surface area contributed by atoms with Crippen LogP contribution >= 0.6 is 0 Å². The molecule has 5 nitrogen and oxygen atoms in total. The van der Waals surface area contributed by atoms with Crippen molar-refractivity contribution >= 4 is 21.6 Å². The number of sulfonamides is 1. The first kappa shape index (κ1) is 17.9. The Balaban J connectivity index is 2.02. The highest BCUT2D eigenvalue weighted by Gasteiger charge is 2.34. The topological polar surface area (TPSA) is 66.5 Å². The molecule has 1 amide bonds. The minimum atomic E-state index is -3.36. The lowest BCUT2D eigenvalue weighted by Gasteiger charge is -2.32. The van der Waals surface area contributed by atoms with E-state index < -0.39 is 16.1 Å². The lowest BCUT2D eigenvalue weighted by Crippen LogP contribution is -2.49. The summed E-state index contributed by atoms with van der Waals surface area (Å²) in [4.78, 5) is 12.5. The van der Waals surface area contributed by atoms with Crippen LogP contribution in [0, 0.1) is 0 Å². The third-order valence-corrected chi connectivity index (χ3v) is 5.51. The number of anilines is 1. The van der Waals surface area contributed by atoms with E-state index >= 15 is 0 Å². The van der Waals surface area contributed by atoms with Gasteiger partial charge in [-0.05, 0) is 43.4 Å². The molecule has 0 aliphatic carbocycles. The summed E-state index contributed by atoms with van der Waals surface area (Å²) < 4.78 is 25.0. The molecule has 0 bridgehead atoms. The van der Waals surface area contributed by atoms with Gasteiger partial charge in [-0.3, -0.25) is 4.79 Å². The van der Waals surface area contributed by atoms with Gasteiger partial charge in [-0.25, -0.2) is 8.42 Å². The van der Waals surface area contributed by atoms with Crippen molar-refractivity contribution in [3.05, 3.63) is 29.8 Å². The zero-order valence-corrected chi connectivity index (χ0v) is 14.7. The molecule has 0 spiro atoms. The Morgan fingerprint density at radius 1 is 1.26 bits per heavy atom. The molecule has 23 heavy (non-hydrogen) atoms. The van der Waals surface area contributed by atoms with Crippen molar-refractivity contribution in [3.63, 3.8) is 0 Å². The van der Waals surface area contributed by atoms with Gasteiger partial charge in [0.1, 0.15) is 6.04 Å². The van der Waals surface area contributed by atoms with E-state index in [1.54, 1.807) is 0 Å². The van der Waals surface area contributed by atoms with Crippen LogP contribution in [0.1, 0.15) is 44.6 Å². The fourth-order valence-electron chi connectivity index (χ4n) is 2.93. The average Bonchev–Trinajstić information content (AvgIpc) is 2.53. The van der Waals surface area contributed by atoms with Gasteiger partial charge in [-0.1, -0.05) is 31.9 Å². The lowest BCUT2D eigenvalue weighted by molar-refractivity contribution is -0.120. The van der Waals surface area contributed by atoms with Gasteiger partial charge in [0.05, 0.1) is 6.26 Å². The first-order valence-corrected chi connectivity index (χ1v) is 10.1. The normalized spacial score (nSPS) is 19.5. The van der Waals surface area contributed by atoms with Crippen molar-refractivity contribution < 1.29 is 13.2 Å². The van der Waals surface area contributed by atoms with E-state index in [2.05, 4.69) is 12.2 Å². The number of carbonyl (C=O) groups excluding carboxylic acids is 1. The van der Waals surface area contributed by atoms with Gasteiger partial charge < -0.3 is 5.32 Å². The minimum Gasteiger partial charge on any atom is -0.325 e. The standard InChI is InChI=1S/C17H26N2O3S/c1-3-4-7-14-9-11-15(12-10-14)18-17(20)16-8-5-6-13-19(16)23(2,21)22/h9-12,16H,3-8,13H2,1-2H3,(H,18,20)/t16-/m1/s1. The molecule has 0 radical (unpaired) electrons. The first-order valence-electron chi connectivity index (χ1n) is 8.28. The number of nitrogens with zero attached hydrogens (tertiary/aromatic N) is 1. The molecule has 2 rings (SSSR count). The second-order valence-electron chi connectivity index (χ2n) is 6.18. The highest BCUT2D eigenvalue weighted by molar-refractivity contribution is 7.88. The van der Waals surface area contributed by atoms with Crippen molar-refractivity contribution in [1.29, 1.82) is 0 Å². The molecule has 1 saturated heterocycles. The molecule has 1 N–H and O–H groups in total. The predicted octanol–water partition coefficient (Wildman–Crippen LogP) is 2.78. The van der Waals surface area contributed by atoms with E-state index in [-0.39, 0.29) is 5.91 Å². The molecule has 1 fully saturated rings. The second kappa shape index (κ2) is 7.93. The van der Waals surface area contributed by atoms with Crippen molar-refractivity contribution in [2.75, 3.05) is 18.1 Å². The smallest absolute Gasteiger partial charge is 0.242 e. The molecule has 1 aliphatic rings. The van der Waals surface area contributed by atoms with Crippen LogP contribution in [-0.2, 0) is 21.2 Å². The molecule has 1 atom stereocenters. The number of rotatable bonds is 6. The summed E-state index contributed by atoms with van der Waals surface area (Å²) in [6.07, 6.45) is 6.77. The van der Waals surface area contributed by atoms with Crippen LogP contribution in [0.5, 0.6) is 0 Å². The highest BCUT2D eigenvalue weighted by Crippen LogP contribution is 2.21. The molecule has 0 unspecified atom stereocenters. The Morgan fingerprint density at radius 2 is 1.96 bits per heavy atom. The summed E-state index contributed by atoms with van der Waals surface area (Å²) in [6, 6.07) is 7.20. The van der Waals surface area contributed by atoms with Gasteiger partial charge >= 0.3 is 0 Å². The zero-order valence-electron chi connectivity index (χ0n) is 13.9. The first-order chi connectivity index (χ1) is 10.9. The summed E-state index contributed by atoms with van der Waals surface area (Å²) in [5.74, 6) is -0.239. The second-order valence-corrected chi connectivity index (χ2v) is 8.11. The van der Waals surface area contributed by atoms with E-state index in [1.807, 2.05) is 24.3 Å². The summed E-state index contributed by atoms with van der Waals surface area (Å²) in [7, 11) is -3.36. The Hall–Kier alpha value is -1.40. The summed E-state index contributed by atoms with van der Waals surface area (Å²) in [6.45, 7) is 2.58. The number of hydrogen-bond acceptors (Lipinski definition) is 3. The lowest BCUT2D eigenvalue weighted by atomic mass is 10.0. The Bertz CT molecular complexity index is 626. The van der Waals surface area contributed by atoms with Crippen LogP contribution in [0.25, 0.3) is 0 Å². The van der Waals surface area contributed by atoms with Crippen LogP contribution in [-0.4, -0.2) is 37.5 Å². The van der Waals surface area contributed by atoms with Crippen molar-refractivity contribution in [1.82, 2.24) is 4.31 Å². The van der Waals surface area contributed by atoms with E-state index in [0.717, 1.165) is 32.1 Å². The van der Waals surface area contributed by atoms with Gasteiger partial charge in [-0.15, -0.1) is 0 Å². The van der Waals surface area contributed by atoms with Crippen LogP contribution in [0.15, 0.2) is 24.3 Å². The fourth-order valence-corrected chi connectivity index (χ4v) is 4.05. The SMILES string of the molecule is CCCCc1ccc(NC(=O)[C@H]2CCCCN2S(C)(=O)=O)cc1. The Kier molecular flexibility index (Phi) is 6.18. The largest absolute Gasteiger partial charge is 0.325 e. The quantitative estimate of drug-likeness (QED) is 0.867. The van der Waals surface area contributed by atoms with Crippen LogP contribution in [0.4, 0.5) is 5.69 Å². The Morgan fingerprint density at radius 3 is 2.57 bits per heavy atom. The highest BCUT2D eigenvalue weighted by atomic mass is 32.2. The number of amides is 1. The van der Waals surface area contributed by atoms with E-state index in [1.165, 1.54) is 16.1 Å². The van der Waals surface area contributed by atoms with E-state index in [0.29, 0.717) is 18.7 Å². The van der Waals surface area contributed by atoms with Crippen molar-refractivity contribution in [2.45, 2.75) is 51.5 Å². The monoisotopic (exact) mass is 338 g/mol. The fraction of sp³-hybridized carbons (Fsp3) is 0.588. The van der Waals surface area contributed by atoms with E-state index in [4.69, 9.17) is 0 Å². The molecule has 6 heteroatoms. The number of carbonyl (C=O) groups is 1. The number of unbranched alkanes of at least 4 members (excludes halogenated alkanes) is 1. The number of benzene rings is 1. The number of piperidine rings is 1. The molecule has 0 aromatic heterocycles. The summed E-state index contributed by atoms with van der Waals surface area (Å²) in [5.41, 5.74) is 1.97. The van der Waals surface area contributed by atoms with E-state index in [9.17, 15) is 13.2 Å². The third-order valence-electron chi connectivity index (χ3n) is 4.22. The molecule has 1 aliphatic heterocycles. The zero-order chi connectivity index (χ0) is 16.9. The summed E-state index contributed by atoms with van der Waals surface area (Å²) in [5, 5.41) is 2.85. The maximum Gasteiger partial charge on any atom is 0.242 e. The molecule has 1 aromatic carbocycles. The molecule has 1 heterocycles. The Labute approximate surface area is 139 Å². The van der Waals surface area contributed by atoms with Gasteiger partial charge in [0, 0.05) is 12.2 Å². The maximum absolute atomic E-state index is 12.5. The van der Waals surface area contributed by atoms with Crippen molar-refractivity contribution in [2.24, 2.45) is 0 Å². The maximum atomic E-state index is 12.5. The van der Waals surface area contributed by atoms with Gasteiger partial charge in [-0.2, -0.15) is 4.31 Å². The number of nitrogens with one attached hydrogen (secondary N) is 1. The van der Waals surface area contributed by atoms with Gasteiger partial charge in [0.25, 0.3) is 0 Å². The molecule has 128 valence electrons. The van der Waals surface area contributed by atoms with Crippen molar-refractivity contribution in [3.8, 4) is 0 Å². The third kappa shape index (κ3) is 5.04. The van der Waals surface area contributed by atoms with Gasteiger partial charge in [0.2, 0.25) is 15.9 Å². The van der Waals surface area contributed by atoms with Crippen LogP contribution in [0.3, 0.4) is 0 Å². The van der Waals surface area contributed by atoms with Gasteiger partial charge in [0.15, 0.2) is 0 Å². The summed E-state index contributed by atoms with van der Waals surface area (Å²) >= 11 is 0. The predicted molar refractivity (Wildman–Crippen MR) is 92.9 cm³/mol. The number of aryl methyl sites for hydroxylation is 1. The average molecular weight is 338 g/mol. The van der Waals surface area contributed by atoms with Crippen LogP contribution in [0.2, 0.25) is 0 Å².